The lowest BCUT2D eigenvalue weighted by atomic mass is 10.2. The van der Waals surface area contributed by atoms with Crippen LogP contribution in [0.15, 0.2) is 18.3 Å². The Balaban J connectivity index is 2.91. The zero-order valence-electron chi connectivity index (χ0n) is 7.57. The summed E-state index contributed by atoms with van der Waals surface area (Å²) in [6.07, 6.45) is 1.26. The Kier molecular flexibility index (Phi) is 3.13. The van der Waals surface area contributed by atoms with Crippen molar-refractivity contribution in [2.45, 2.75) is 0 Å². The molecule has 0 radical (unpaired) electrons. The van der Waals surface area contributed by atoms with Crippen molar-refractivity contribution in [2.24, 2.45) is 0 Å². The molecule has 0 aromatic carbocycles. The molecule has 1 heterocycles. The Morgan fingerprint density at radius 1 is 1.79 bits per heavy atom. The van der Waals surface area contributed by atoms with Gasteiger partial charge in [0.05, 0.1) is 11.6 Å². The largest absolute Gasteiger partial charge is 0.328 e. The number of nitrogens with zero attached hydrogens (tertiary/aromatic N) is 3. The summed E-state index contributed by atoms with van der Waals surface area (Å²) in [7, 11) is 1.43. The molecule has 72 valence electrons. The normalized spacial score (nSPS) is 9.21. The van der Waals surface area contributed by atoms with Gasteiger partial charge >= 0.3 is 0 Å². The van der Waals surface area contributed by atoms with Gasteiger partial charge in [-0.2, -0.15) is 9.65 Å². The highest BCUT2D eigenvalue weighted by Crippen LogP contribution is 2.05. The van der Waals surface area contributed by atoms with Crippen LogP contribution < -0.4 is 0 Å². The first-order valence-corrected chi connectivity index (χ1v) is 3.89. The first kappa shape index (κ1) is 10.1. The number of amides is 1. The van der Waals surface area contributed by atoms with Gasteiger partial charge in [0.25, 0.3) is 5.91 Å². The number of pyridine rings is 1. The summed E-state index contributed by atoms with van der Waals surface area (Å²) in [5, 5.41) is 8.35. The molecule has 4 nitrogen and oxygen atoms in total. The van der Waals surface area contributed by atoms with E-state index in [2.05, 4.69) is 4.98 Å². The first-order valence-electron chi connectivity index (χ1n) is 3.89. The van der Waals surface area contributed by atoms with Crippen LogP contribution in [0.2, 0.25) is 0 Å². The Morgan fingerprint density at radius 3 is 3.07 bits per heavy atom. The molecule has 0 aliphatic rings. The third kappa shape index (κ3) is 2.04. The smallest absolute Gasteiger partial charge is 0.259 e. The molecule has 1 aromatic heterocycles. The molecule has 1 rings (SSSR count). The molecule has 14 heavy (non-hydrogen) atoms. The summed E-state index contributed by atoms with van der Waals surface area (Å²) in [5.41, 5.74) is -0.120. The second-order valence-corrected chi connectivity index (χ2v) is 2.66. The second-order valence-electron chi connectivity index (χ2n) is 2.66. The van der Waals surface area contributed by atoms with Gasteiger partial charge in [-0.05, 0) is 12.1 Å². The van der Waals surface area contributed by atoms with Gasteiger partial charge < -0.3 is 4.90 Å². The minimum absolute atomic E-state index is 0.0762. The standard InChI is InChI=1S/C9H8FN3O/c1-13(6-4-11)9(14)7-3-2-5-12-8(7)10/h2-3,5H,6H2,1H3. The number of carbonyl (C=O) groups is 1. The summed E-state index contributed by atoms with van der Waals surface area (Å²) >= 11 is 0. The van der Waals surface area contributed by atoms with Crippen molar-refractivity contribution in [3.05, 3.63) is 29.8 Å². The van der Waals surface area contributed by atoms with Crippen LogP contribution in [-0.2, 0) is 0 Å². The highest BCUT2D eigenvalue weighted by molar-refractivity contribution is 5.94. The van der Waals surface area contributed by atoms with Crippen molar-refractivity contribution in [1.29, 1.82) is 5.26 Å². The maximum Gasteiger partial charge on any atom is 0.259 e. The summed E-state index contributed by atoms with van der Waals surface area (Å²) in [5.74, 6) is -1.36. The topological polar surface area (TPSA) is 57.0 Å². The highest BCUT2D eigenvalue weighted by atomic mass is 19.1. The zero-order valence-corrected chi connectivity index (χ0v) is 7.57. The average molecular weight is 193 g/mol. The van der Waals surface area contributed by atoms with Crippen LogP contribution in [0.25, 0.3) is 0 Å². The molecule has 1 amide bonds. The summed E-state index contributed by atoms with van der Waals surface area (Å²) < 4.78 is 13.0. The van der Waals surface area contributed by atoms with Crippen molar-refractivity contribution in [3.63, 3.8) is 0 Å². The lowest BCUT2D eigenvalue weighted by molar-refractivity contribution is 0.0806. The predicted molar refractivity (Wildman–Crippen MR) is 46.8 cm³/mol. The third-order valence-corrected chi connectivity index (χ3v) is 1.64. The van der Waals surface area contributed by atoms with E-state index < -0.39 is 11.9 Å². The maximum atomic E-state index is 13.0. The van der Waals surface area contributed by atoms with E-state index in [0.717, 1.165) is 4.90 Å². The molecule has 0 fully saturated rings. The highest BCUT2D eigenvalue weighted by Gasteiger charge is 2.15. The van der Waals surface area contributed by atoms with Crippen molar-refractivity contribution in [1.82, 2.24) is 9.88 Å². The van der Waals surface area contributed by atoms with E-state index in [-0.39, 0.29) is 12.1 Å². The second kappa shape index (κ2) is 4.33. The van der Waals surface area contributed by atoms with E-state index in [4.69, 9.17) is 5.26 Å². The maximum absolute atomic E-state index is 13.0. The van der Waals surface area contributed by atoms with Crippen LogP contribution >= 0.6 is 0 Å². The molecule has 0 spiro atoms. The number of hydrogen-bond acceptors (Lipinski definition) is 3. The van der Waals surface area contributed by atoms with E-state index in [9.17, 15) is 9.18 Å². The van der Waals surface area contributed by atoms with Crippen LogP contribution in [0.1, 0.15) is 10.4 Å². The summed E-state index contributed by atoms with van der Waals surface area (Å²) in [6.45, 7) is -0.0762. The lowest BCUT2D eigenvalue weighted by Gasteiger charge is -2.12. The van der Waals surface area contributed by atoms with Gasteiger partial charge in [0.2, 0.25) is 5.95 Å². The Morgan fingerprint density at radius 2 is 2.50 bits per heavy atom. The first-order chi connectivity index (χ1) is 6.66. The fourth-order valence-electron chi connectivity index (χ4n) is 0.929. The van der Waals surface area contributed by atoms with Gasteiger partial charge in [0, 0.05) is 13.2 Å². The lowest BCUT2D eigenvalue weighted by Crippen LogP contribution is -2.27. The van der Waals surface area contributed by atoms with Gasteiger partial charge in [-0.15, -0.1) is 0 Å². The number of aromatic nitrogens is 1. The van der Waals surface area contributed by atoms with Crippen LogP contribution in [0, 0.1) is 17.3 Å². The van der Waals surface area contributed by atoms with E-state index in [1.54, 1.807) is 6.07 Å². The van der Waals surface area contributed by atoms with Gasteiger partial charge in [-0.3, -0.25) is 4.79 Å². The molecule has 0 aliphatic carbocycles. The molecule has 0 unspecified atom stereocenters. The van der Waals surface area contributed by atoms with Gasteiger partial charge in [0.15, 0.2) is 0 Å². The molecular weight excluding hydrogens is 185 g/mol. The molecule has 0 aliphatic heterocycles. The molecule has 0 atom stereocenters. The summed E-state index contributed by atoms with van der Waals surface area (Å²) in [6, 6.07) is 4.60. The quantitative estimate of drug-likeness (QED) is 0.516. The SMILES string of the molecule is CN(CC#N)C(=O)c1cccnc1F. The van der Waals surface area contributed by atoms with E-state index in [0.29, 0.717) is 0 Å². The summed E-state index contributed by atoms with van der Waals surface area (Å²) in [4.78, 5) is 15.9. The fourth-order valence-corrected chi connectivity index (χ4v) is 0.929. The van der Waals surface area contributed by atoms with E-state index >= 15 is 0 Å². The molecule has 0 bridgehead atoms. The number of rotatable bonds is 2. The minimum atomic E-state index is -0.817. The van der Waals surface area contributed by atoms with Crippen molar-refractivity contribution in [3.8, 4) is 6.07 Å². The van der Waals surface area contributed by atoms with Gasteiger partial charge in [-0.1, -0.05) is 0 Å². The number of halogens is 1. The Hall–Kier alpha value is -1.96. The zero-order chi connectivity index (χ0) is 10.6. The number of nitriles is 1. The van der Waals surface area contributed by atoms with E-state index in [1.165, 1.54) is 25.4 Å². The van der Waals surface area contributed by atoms with Crippen LogP contribution in [0.5, 0.6) is 0 Å². The molecule has 0 saturated carbocycles. The fraction of sp³-hybridized carbons (Fsp3) is 0.222. The number of carbonyl (C=O) groups excluding carboxylic acids is 1. The molecule has 0 saturated heterocycles. The van der Waals surface area contributed by atoms with Crippen LogP contribution in [0.4, 0.5) is 4.39 Å². The van der Waals surface area contributed by atoms with Crippen molar-refractivity contribution >= 4 is 5.91 Å². The number of hydrogen-bond donors (Lipinski definition) is 0. The van der Waals surface area contributed by atoms with Crippen molar-refractivity contribution < 1.29 is 9.18 Å². The average Bonchev–Trinajstić information content (AvgIpc) is 2.18. The molecular formula is C9H8FN3O. The van der Waals surface area contributed by atoms with E-state index in [1.807, 2.05) is 0 Å². The Labute approximate surface area is 80.6 Å². The van der Waals surface area contributed by atoms with Crippen molar-refractivity contribution in [2.75, 3.05) is 13.6 Å². The van der Waals surface area contributed by atoms with Crippen LogP contribution in [0.3, 0.4) is 0 Å². The molecule has 0 N–H and O–H groups in total. The monoisotopic (exact) mass is 193 g/mol. The Bertz CT molecular complexity index is 386. The predicted octanol–water partition coefficient (Wildman–Crippen LogP) is 0.816. The molecule has 1 aromatic rings. The third-order valence-electron chi connectivity index (χ3n) is 1.64. The minimum Gasteiger partial charge on any atom is -0.328 e. The van der Waals surface area contributed by atoms with Gasteiger partial charge in [-0.25, -0.2) is 4.98 Å². The molecule has 5 heteroatoms. The van der Waals surface area contributed by atoms with Crippen LogP contribution in [-0.4, -0.2) is 29.4 Å². The van der Waals surface area contributed by atoms with Gasteiger partial charge in [0.1, 0.15) is 6.54 Å².